The summed E-state index contributed by atoms with van der Waals surface area (Å²) in [7, 11) is 0. The molecule has 0 spiro atoms. The van der Waals surface area contributed by atoms with Crippen molar-refractivity contribution in [3.8, 4) is 23.0 Å². The maximum Gasteiger partial charge on any atom is 0.231 e. The number of fused-ring (bicyclic) bond motifs is 2. The first-order chi connectivity index (χ1) is 10.3. The van der Waals surface area contributed by atoms with Gasteiger partial charge in [-0.15, -0.1) is 0 Å². The van der Waals surface area contributed by atoms with Crippen molar-refractivity contribution in [3.63, 3.8) is 0 Å². The average Bonchev–Trinajstić information content (AvgIpc) is 2.98. The van der Waals surface area contributed by atoms with E-state index in [2.05, 4.69) is 4.98 Å². The van der Waals surface area contributed by atoms with Crippen molar-refractivity contribution in [1.82, 2.24) is 4.98 Å². The van der Waals surface area contributed by atoms with Gasteiger partial charge in [0.05, 0.1) is 5.69 Å². The van der Waals surface area contributed by atoms with E-state index in [1.165, 1.54) is 0 Å². The molecule has 2 aromatic carbocycles. The predicted molar refractivity (Wildman–Crippen MR) is 78.8 cm³/mol. The number of hydrogen-bond acceptors (Lipinski definition) is 5. The van der Waals surface area contributed by atoms with Gasteiger partial charge in [-0.2, -0.15) is 0 Å². The van der Waals surface area contributed by atoms with Crippen molar-refractivity contribution in [3.05, 3.63) is 48.8 Å². The number of nitrogens with zero attached hydrogens (tertiary/aromatic N) is 1. The van der Waals surface area contributed by atoms with Gasteiger partial charge in [-0.1, -0.05) is 0 Å². The molecule has 5 heteroatoms. The average molecular weight is 280 g/mol. The third-order valence-corrected chi connectivity index (χ3v) is 3.39. The Bertz CT molecular complexity index is 833. The van der Waals surface area contributed by atoms with Crippen molar-refractivity contribution in [1.29, 1.82) is 0 Å². The Labute approximate surface area is 120 Å². The molecule has 0 atom stereocenters. The molecule has 0 saturated heterocycles. The first-order valence-corrected chi connectivity index (χ1v) is 6.51. The largest absolute Gasteiger partial charge is 0.455 e. The molecule has 2 heterocycles. The van der Waals surface area contributed by atoms with Gasteiger partial charge in [0.25, 0.3) is 0 Å². The lowest BCUT2D eigenvalue weighted by Gasteiger charge is -2.11. The van der Waals surface area contributed by atoms with Gasteiger partial charge in [-0.25, -0.2) is 0 Å². The normalized spacial score (nSPS) is 12.6. The maximum absolute atomic E-state index is 6.17. The number of hydrogen-bond donors (Lipinski definition) is 1. The lowest BCUT2D eigenvalue weighted by Crippen LogP contribution is -1.94. The highest BCUT2D eigenvalue weighted by Crippen LogP contribution is 2.38. The van der Waals surface area contributed by atoms with E-state index in [4.69, 9.17) is 19.9 Å². The Morgan fingerprint density at radius 2 is 1.95 bits per heavy atom. The van der Waals surface area contributed by atoms with Crippen LogP contribution in [0.2, 0.25) is 0 Å². The number of rotatable bonds is 2. The smallest absolute Gasteiger partial charge is 0.231 e. The molecule has 1 aromatic heterocycles. The fourth-order valence-corrected chi connectivity index (χ4v) is 2.33. The number of nitrogens with two attached hydrogens (primary N) is 1. The third-order valence-electron chi connectivity index (χ3n) is 3.39. The molecule has 0 saturated carbocycles. The van der Waals surface area contributed by atoms with Crippen LogP contribution >= 0.6 is 0 Å². The lowest BCUT2D eigenvalue weighted by molar-refractivity contribution is 0.174. The van der Waals surface area contributed by atoms with E-state index < -0.39 is 0 Å². The molecule has 1 aliphatic heterocycles. The quantitative estimate of drug-likeness (QED) is 0.729. The van der Waals surface area contributed by atoms with E-state index >= 15 is 0 Å². The number of ether oxygens (including phenoxy) is 3. The summed E-state index contributed by atoms with van der Waals surface area (Å²) in [4.78, 5) is 4.08. The Morgan fingerprint density at radius 3 is 2.90 bits per heavy atom. The standard InChI is InChI=1S/C16H12N2O3/c17-16-12-5-6-18-8-10(12)1-3-14(16)21-11-2-4-13-15(7-11)20-9-19-13/h1-8H,9,17H2. The van der Waals surface area contributed by atoms with Crippen LogP contribution in [-0.4, -0.2) is 11.8 Å². The van der Waals surface area contributed by atoms with Crippen LogP contribution in [0.1, 0.15) is 0 Å². The van der Waals surface area contributed by atoms with Crippen LogP contribution in [0.15, 0.2) is 48.8 Å². The van der Waals surface area contributed by atoms with E-state index in [1.807, 2.05) is 30.3 Å². The van der Waals surface area contributed by atoms with E-state index in [9.17, 15) is 0 Å². The molecule has 0 amide bonds. The summed E-state index contributed by atoms with van der Waals surface area (Å²) in [5.74, 6) is 2.66. The minimum atomic E-state index is 0.240. The van der Waals surface area contributed by atoms with Crippen molar-refractivity contribution in [2.45, 2.75) is 0 Å². The summed E-state index contributed by atoms with van der Waals surface area (Å²) in [6.07, 6.45) is 3.49. The van der Waals surface area contributed by atoms with E-state index in [-0.39, 0.29) is 6.79 Å². The monoisotopic (exact) mass is 280 g/mol. The van der Waals surface area contributed by atoms with Gasteiger partial charge in [0.1, 0.15) is 5.75 Å². The molecule has 104 valence electrons. The van der Waals surface area contributed by atoms with E-state index in [0.717, 1.165) is 16.5 Å². The van der Waals surface area contributed by atoms with Gasteiger partial charge in [-0.05, 0) is 30.3 Å². The molecular weight excluding hydrogens is 268 g/mol. The van der Waals surface area contributed by atoms with Crippen LogP contribution in [0, 0.1) is 0 Å². The number of aromatic nitrogens is 1. The van der Waals surface area contributed by atoms with Crippen LogP contribution in [0.3, 0.4) is 0 Å². The molecule has 5 nitrogen and oxygen atoms in total. The molecule has 0 aliphatic carbocycles. The van der Waals surface area contributed by atoms with Crippen molar-refractivity contribution in [2.75, 3.05) is 12.5 Å². The van der Waals surface area contributed by atoms with Crippen LogP contribution in [0.4, 0.5) is 5.69 Å². The maximum atomic E-state index is 6.17. The second-order valence-corrected chi connectivity index (χ2v) is 4.69. The van der Waals surface area contributed by atoms with Gasteiger partial charge in [0, 0.05) is 29.2 Å². The Morgan fingerprint density at radius 1 is 1.05 bits per heavy atom. The Kier molecular flexibility index (Phi) is 2.57. The van der Waals surface area contributed by atoms with Gasteiger partial charge in [0.2, 0.25) is 6.79 Å². The molecular formula is C16H12N2O3. The Balaban J connectivity index is 1.72. The van der Waals surface area contributed by atoms with Crippen LogP contribution in [0.5, 0.6) is 23.0 Å². The second-order valence-electron chi connectivity index (χ2n) is 4.69. The van der Waals surface area contributed by atoms with Gasteiger partial charge >= 0.3 is 0 Å². The van der Waals surface area contributed by atoms with E-state index in [0.29, 0.717) is 22.9 Å². The first-order valence-electron chi connectivity index (χ1n) is 6.51. The third kappa shape index (κ3) is 1.99. The fourth-order valence-electron chi connectivity index (χ4n) is 2.33. The van der Waals surface area contributed by atoms with Gasteiger partial charge < -0.3 is 19.9 Å². The summed E-state index contributed by atoms with van der Waals surface area (Å²) >= 11 is 0. The predicted octanol–water partition coefficient (Wildman–Crippen LogP) is 3.34. The summed E-state index contributed by atoms with van der Waals surface area (Å²) in [5.41, 5.74) is 6.76. The van der Waals surface area contributed by atoms with Crippen molar-refractivity contribution >= 4 is 16.5 Å². The minimum absolute atomic E-state index is 0.240. The van der Waals surface area contributed by atoms with Crippen LogP contribution in [-0.2, 0) is 0 Å². The fraction of sp³-hybridized carbons (Fsp3) is 0.0625. The molecule has 3 aromatic rings. The zero-order chi connectivity index (χ0) is 14.2. The molecule has 0 radical (unpaired) electrons. The highest BCUT2D eigenvalue weighted by atomic mass is 16.7. The first kappa shape index (κ1) is 11.8. The zero-order valence-electron chi connectivity index (χ0n) is 11.1. The summed E-state index contributed by atoms with van der Waals surface area (Å²) in [6, 6.07) is 11.1. The van der Waals surface area contributed by atoms with Crippen molar-refractivity contribution in [2.24, 2.45) is 0 Å². The van der Waals surface area contributed by atoms with Crippen molar-refractivity contribution < 1.29 is 14.2 Å². The van der Waals surface area contributed by atoms with Gasteiger partial charge in [0.15, 0.2) is 17.2 Å². The minimum Gasteiger partial charge on any atom is -0.455 e. The summed E-state index contributed by atoms with van der Waals surface area (Å²) < 4.78 is 16.5. The highest BCUT2D eigenvalue weighted by molar-refractivity contribution is 5.95. The molecule has 0 fully saturated rings. The highest BCUT2D eigenvalue weighted by Gasteiger charge is 2.14. The second kappa shape index (κ2) is 4.56. The lowest BCUT2D eigenvalue weighted by atomic mass is 10.1. The summed E-state index contributed by atoms with van der Waals surface area (Å²) in [5, 5.41) is 1.90. The molecule has 4 rings (SSSR count). The number of anilines is 1. The van der Waals surface area contributed by atoms with Gasteiger partial charge in [-0.3, -0.25) is 4.98 Å². The molecule has 21 heavy (non-hydrogen) atoms. The molecule has 0 unspecified atom stereocenters. The Hall–Kier alpha value is -2.95. The van der Waals surface area contributed by atoms with E-state index in [1.54, 1.807) is 18.5 Å². The summed E-state index contributed by atoms with van der Waals surface area (Å²) in [6.45, 7) is 0.240. The SMILES string of the molecule is Nc1c(Oc2ccc3c(c2)OCO3)ccc2cnccc12. The number of benzene rings is 2. The van der Waals surface area contributed by atoms with Crippen LogP contribution < -0.4 is 19.9 Å². The number of nitrogen functional groups attached to an aromatic ring is 1. The molecule has 2 N–H and O–H groups in total. The molecule has 1 aliphatic rings. The topological polar surface area (TPSA) is 66.6 Å². The zero-order valence-corrected chi connectivity index (χ0v) is 11.1. The number of pyridine rings is 1. The molecule has 0 bridgehead atoms. The van der Waals surface area contributed by atoms with Crippen LogP contribution in [0.25, 0.3) is 10.8 Å².